The number of carbonyl (C=O) groups is 2. The summed E-state index contributed by atoms with van der Waals surface area (Å²) in [7, 11) is 0. The molecule has 2 amide bonds. The number of hydrogen-bond donors (Lipinski definition) is 3. The van der Waals surface area contributed by atoms with E-state index in [0.29, 0.717) is 130 Å². The number of nitrogens with one attached hydrogen (secondary N) is 1. The smallest absolute Gasteiger partial charge is 0.251 e. The van der Waals surface area contributed by atoms with Crippen LogP contribution in [0.25, 0.3) is 0 Å². The van der Waals surface area contributed by atoms with Crippen LogP contribution in [0.5, 0.6) is 0 Å². The topological polar surface area (TPSA) is 185 Å². The first kappa shape index (κ1) is 38.3. The SMILES string of the molecule is C=C1C=CC(=O)N1CCC(=O)NCCOCCOCCOCCOCCOCCOCCOCCN=C/C(CCO)=N\N. The lowest BCUT2D eigenvalue weighted by Gasteiger charge is -2.16. The van der Waals surface area contributed by atoms with Gasteiger partial charge in [-0.05, 0) is 6.08 Å². The van der Waals surface area contributed by atoms with Crippen LogP contribution in [0.15, 0.2) is 34.5 Å². The van der Waals surface area contributed by atoms with Gasteiger partial charge in [-0.1, -0.05) is 6.58 Å². The summed E-state index contributed by atoms with van der Waals surface area (Å²) in [5, 5.41) is 15.1. The highest BCUT2D eigenvalue weighted by atomic mass is 16.6. The van der Waals surface area contributed by atoms with Crippen LogP contribution in [-0.2, 0) is 42.7 Å². The van der Waals surface area contributed by atoms with Gasteiger partial charge >= 0.3 is 0 Å². The molecule has 0 aliphatic carbocycles. The van der Waals surface area contributed by atoms with Crippen molar-refractivity contribution in [3.05, 3.63) is 24.4 Å². The molecule has 43 heavy (non-hydrogen) atoms. The number of ether oxygens (including phenoxy) is 7. The first-order chi connectivity index (χ1) is 21.1. The Balaban J connectivity index is 1.71. The number of nitrogens with two attached hydrogens (primary N) is 1. The van der Waals surface area contributed by atoms with Crippen molar-refractivity contribution >= 4 is 23.7 Å². The largest absolute Gasteiger partial charge is 0.396 e. The van der Waals surface area contributed by atoms with E-state index >= 15 is 0 Å². The van der Waals surface area contributed by atoms with Gasteiger partial charge in [0.15, 0.2) is 0 Å². The molecule has 0 aromatic rings. The molecule has 246 valence electrons. The van der Waals surface area contributed by atoms with Crippen molar-refractivity contribution in [1.29, 1.82) is 0 Å². The summed E-state index contributed by atoms with van der Waals surface area (Å²) in [5.41, 5.74) is 1.14. The predicted molar refractivity (Wildman–Crippen MR) is 160 cm³/mol. The number of aliphatic hydroxyl groups excluding tert-OH is 1. The Bertz CT molecular complexity index is 823. The van der Waals surface area contributed by atoms with Gasteiger partial charge in [0, 0.05) is 50.5 Å². The third kappa shape index (κ3) is 22.4. The average Bonchev–Trinajstić information content (AvgIpc) is 3.33. The van der Waals surface area contributed by atoms with Crippen LogP contribution in [0.1, 0.15) is 12.8 Å². The maximum atomic E-state index is 11.8. The highest BCUT2D eigenvalue weighted by molar-refractivity contribution is 6.30. The summed E-state index contributed by atoms with van der Waals surface area (Å²) < 4.78 is 38.0. The first-order valence-corrected chi connectivity index (χ1v) is 14.4. The molecule has 0 saturated heterocycles. The van der Waals surface area contributed by atoms with E-state index in [0.717, 1.165) is 0 Å². The van der Waals surface area contributed by atoms with Crippen LogP contribution in [0.3, 0.4) is 0 Å². The Labute approximate surface area is 254 Å². The molecule has 0 unspecified atom stereocenters. The molecule has 4 N–H and O–H groups in total. The zero-order valence-electron chi connectivity index (χ0n) is 25.1. The standard InChI is InChI=1S/C28H49N5O10/c1-25-2-3-28(36)33(25)8-4-27(35)31-7-11-38-13-15-40-17-19-42-21-23-43-22-20-41-18-16-39-14-12-37-10-6-30-24-26(32-29)5-9-34/h2-3,24,34H,1,4-23,29H2,(H,31,35)/b30-24?,32-26-. The minimum atomic E-state index is -0.149. The third-order valence-electron chi connectivity index (χ3n) is 5.53. The number of hydrazone groups is 1. The highest BCUT2D eigenvalue weighted by Gasteiger charge is 2.18. The third-order valence-corrected chi connectivity index (χ3v) is 5.53. The minimum Gasteiger partial charge on any atom is -0.396 e. The van der Waals surface area contributed by atoms with Crippen molar-refractivity contribution in [2.45, 2.75) is 12.8 Å². The van der Waals surface area contributed by atoms with Crippen LogP contribution in [0.2, 0.25) is 0 Å². The van der Waals surface area contributed by atoms with Crippen LogP contribution in [-0.4, -0.2) is 152 Å². The van der Waals surface area contributed by atoms with E-state index in [1.165, 1.54) is 17.2 Å². The molecule has 0 bridgehead atoms. The first-order valence-electron chi connectivity index (χ1n) is 14.4. The number of allylic oxidation sites excluding steroid dienone is 1. The van der Waals surface area contributed by atoms with E-state index in [4.69, 9.17) is 44.1 Å². The Morgan fingerprint density at radius 3 is 1.74 bits per heavy atom. The number of amides is 2. The normalized spacial score (nSPS) is 13.6. The number of rotatable bonds is 30. The number of carbonyl (C=O) groups excluding carboxylic acids is 2. The second-order valence-electron chi connectivity index (χ2n) is 8.83. The van der Waals surface area contributed by atoms with Crippen molar-refractivity contribution < 1.29 is 47.9 Å². The quantitative estimate of drug-likeness (QED) is 0.0401. The summed E-state index contributed by atoms with van der Waals surface area (Å²) >= 11 is 0. The number of aliphatic imine (C=N–C) groups is 1. The van der Waals surface area contributed by atoms with Gasteiger partial charge in [0.05, 0.1) is 105 Å². The Morgan fingerprint density at radius 1 is 0.814 bits per heavy atom. The van der Waals surface area contributed by atoms with Gasteiger partial charge in [-0.25, -0.2) is 0 Å². The van der Waals surface area contributed by atoms with Gasteiger partial charge in [0.2, 0.25) is 5.91 Å². The molecule has 0 aromatic heterocycles. The molecule has 0 radical (unpaired) electrons. The van der Waals surface area contributed by atoms with Crippen molar-refractivity contribution in [3.8, 4) is 0 Å². The summed E-state index contributed by atoms with van der Waals surface area (Å²) in [6, 6.07) is 0. The number of hydrogen-bond acceptors (Lipinski definition) is 13. The fourth-order valence-electron chi connectivity index (χ4n) is 3.29. The number of aliphatic hydroxyl groups is 1. The van der Waals surface area contributed by atoms with E-state index in [1.54, 1.807) is 6.08 Å². The van der Waals surface area contributed by atoms with Crippen LogP contribution >= 0.6 is 0 Å². The summed E-state index contributed by atoms with van der Waals surface area (Å²) in [5.74, 6) is 4.88. The predicted octanol–water partition coefficient (Wildman–Crippen LogP) is -0.711. The van der Waals surface area contributed by atoms with E-state index < -0.39 is 0 Å². The fourth-order valence-corrected chi connectivity index (χ4v) is 3.29. The van der Waals surface area contributed by atoms with E-state index in [9.17, 15) is 9.59 Å². The molecule has 1 heterocycles. The maximum Gasteiger partial charge on any atom is 0.251 e. The van der Waals surface area contributed by atoms with Crippen LogP contribution < -0.4 is 11.2 Å². The summed E-state index contributed by atoms with van der Waals surface area (Å²) in [6.45, 7) is 11.3. The molecule has 0 spiro atoms. The zero-order chi connectivity index (χ0) is 31.2. The minimum absolute atomic E-state index is 0.0195. The van der Waals surface area contributed by atoms with Gasteiger partial charge < -0.3 is 54.3 Å². The molecule has 0 saturated carbocycles. The van der Waals surface area contributed by atoms with Crippen LogP contribution in [0.4, 0.5) is 0 Å². The molecule has 1 aliphatic heterocycles. The highest BCUT2D eigenvalue weighted by Crippen LogP contribution is 2.12. The van der Waals surface area contributed by atoms with Gasteiger partial charge in [0.25, 0.3) is 5.91 Å². The molecule has 0 atom stereocenters. The summed E-state index contributed by atoms with van der Waals surface area (Å²) in [6.07, 6.45) is 5.20. The van der Waals surface area contributed by atoms with Gasteiger partial charge in [-0.2, -0.15) is 5.10 Å². The Hall–Kier alpha value is -2.76. The van der Waals surface area contributed by atoms with Crippen molar-refractivity contribution in [3.63, 3.8) is 0 Å². The molecule has 1 rings (SSSR count). The van der Waals surface area contributed by atoms with Crippen molar-refractivity contribution in [2.75, 3.05) is 119 Å². The molecular formula is C28H49N5O10. The second kappa shape index (κ2) is 28.0. The van der Waals surface area contributed by atoms with Gasteiger partial charge in [-0.3, -0.25) is 14.6 Å². The van der Waals surface area contributed by atoms with Crippen molar-refractivity contribution in [1.82, 2.24) is 10.2 Å². The second-order valence-corrected chi connectivity index (χ2v) is 8.83. The van der Waals surface area contributed by atoms with E-state index in [-0.39, 0.29) is 24.8 Å². The fraction of sp³-hybridized carbons (Fsp3) is 0.714. The molecule has 0 fully saturated rings. The monoisotopic (exact) mass is 615 g/mol. The lowest BCUT2D eigenvalue weighted by molar-refractivity contribution is -0.124. The number of nitrogens with zero attached hydrogens (tertiary/aromatic N) is 3. The zero-order valence-corrected chi connectivity index (χ0v) is 25.1. The molecule has 1 aliphatic rings. The van der Waals surface area contributed by atoms with E-state index in [2.05, 4.69) is 22.0 Å². The van der Waals surface area contributed by atoms with Gasteiger partial charge in [0.1, 0.15) is 0 Å². The Morgan fingerprint density at radius 2 is 1.30 bits per heavy atom. The summed E-state index contributed by atoms with van der Waals surface area (Å²) in [4.78, 5) is 29.0. The van der Waals surface area contributed by atoms with Gasteiger partial charge in [-0.15, -0.1) is 0 Å². The van der Waals surface area contributed by atoms with Crippen molar-refractivity contribution in [2.24, 2.45) is 15.9 Å². The molecule has 15 heteroatoms. The Kier molecular flexibility index (Phi) is 24.9. The molecule has 0 aromatic carbocycles. The lowest BCUT2D eigenvalue weighted by Crippen LogP contribution is -2.32. The van der Waals surface area contributed by atoms with E-state index in [1.807, 2.05) is 0 Å². The van der Waals surface area contributed by atoms with Crippen LogP contribution in [0, 0.1) is 0 Å². The molecule has 15 nitrogen and oxygen atoms in total. The maximum absolute atomic E-state index is 11.8. The lowest BCUT2D eigenvalue weighted by atomic mass is 10.3. The average molecular weight is 616 g/mol. The molecular weight excluding hydrogens is 566 g/mol.